The van der Waals surface area contributed by atoms with E-state index in [1.54, 1.807) is 6.20 Å². The minimum atomic E-state index is -0.00767. The van der Waals surface area contributed by atoms with Gasteiger partial charge in [0, 0.05) is 58.2 Å². The number of amides is 1. The molecule has 4 rings (SSSR count). The maximum atomic E-state index is 12.7. The number of pyridine rings is 1. The first kappa shape index (κ1) is 17.8. The Kier molecular flexibility index (Phi) is 5.55. The van der Waals surface area contributed by atoms with E-state index in [2.05, 4.69) is 25.0 Å². The van der Waals surface area contributed by atoms with Crippen molar-refractivity contribution in [2.75, 3.05) is 57.4 Å². The van der Waals surface area contributed by atoms with Crippen molar-refractivity contribution in [2.45, 2.75) is 6.54 Å². The summed E-state index contributed by atoms with van der Waals surface area (Å²) in [5.74, 6) is 0.849. The van der Waals surface area contributed by atoms with Crippen LogP contribution >= 0.6 is 0 Å². The second-order valence-corrected chi connectivity index (χ2v) is 6.80. The van der Waals surface area contributed by atoms with Crippen LogP contribution in [0.2, 0.25) is 0 Å². The summed E-state index contributed by atoms with van der Waals surface area (Å²) >= 11 is 0. The summed E-state index contributed by atoms with van der Waals surface area (Å²) in [6, 6.07) is 7.67. The third-order valence-electron chi connectivity index (χ3n) is 5.00. The van der Waals surface area contributed by atoms with Gasteiger partial charge in [0.05, 0.1) is 13.2 Å². The van der Waals surface area contributed by atoms with Gasteiger partial charge in [0.2, 0.25) is 0 Å². The SMILES string of the molecule is O=C(c1ccc(CN2CCOCC2)cn1)N1CCN(c2cccnn2)CC1. The van der Waals surface area contributed by atoms with Crippen LogP contribution in [0.3, 0.4) is 0 Å². The molecule has 4 heterocycles. The Morgan fingerprint density at radius 1 is 1.04 bits per heavy atom. The van der Waals surface area contributed by atoms with Crippen LogP contribution < -0.4 is 4.90 Å². The minimum absolute atomic E-state index is 0.00767. The highest BCUT2D eigenvalue weighted by atomic mass is 16.5. The lowest BCUT2D eigenvalue weighted by Crippen LogP contribution is -2.49. The molecule has 2 aliphatic heterocycles. The van der Waals surface area contributed by atoms with Crippen LogP contribution in [0.4, 0.5) is 5.82 Å². The molecule has 0 bridgehead atoms. The number of hydrogen-bond donors (Lipinski definition) is 0. The molecule has 2 saturated heterocycles. The van der Waals surface area contributed by atoms with Gasteiger partial charge in [-0.25, -0.2) is 0 Å². The molecular weight excluding hydrogens is 344 g/mol. The van der Waals surface area contributed by atoms with Crippen molar-refractivity contribution in [3.05, 3.63) is 47.9 Å². The third-order valence-corrected chi connectivity index (χ3v) is 5.00. The Hall–Kier alpha value is -2.58. The van der Waals surface area contributed by atoms with Gasteiger partial charge in [-0.1, -0.05) is 6.07 Å². The van der Waals surface area contributed by atoms with E-state index in [0.29, 0.717) is 18.8 Å². The number of piperazine rings is 1. The number of anilines is 1. The number of ether oxygens (including phenoxy) is 1. The summed E-state index contributed by atoms with van der Waals surface area (Å²) in [5, 5.41) is 8.06. The summed E-state index contributed by atoms with van der Waals surface area (Å²) in [6.45, 7) is 7.11. The Morgan fingerprint density at radius 3 is 2.52 bits per heavy atom. The summed E-state index contributed by atoms with van der Waals surface area (Å²) < 4.78 is 5.37. The molecule has 2 fully saturated rings. The van der Waals surface area contributed by atoms with E-state index in [1.165, 1.54) is 0 Å². The van der Waals surface area contributed by atoms with Gasteiger partial charge in [0.25, 0.3) is 5.91 Å². The summed E-state index contributed by atoms with van der Waals surface area (Å²) in [7, 11) is 0. The highest BCUT2D eigenvalue weighted by molar-refractivity contribution is 5.92. The molecule has 0 N–H and O–H groups in total. The monoisotopic (exact) mass is 368 g/mol. The molecule has 0 aromatic carbocycles. The second-order valence-electron chi connectivity index (χ2n) is 6.80. The Morgan fingerprint density at radius 2 is 1.85 bits per heavy atom. The fourth-order valence-corrected chi connectivity index (χ4v) is 3.42. The Bertz CT molecular complexity index is 741. The zero-order chi connectivity index (χ0) is 18.5. The maximum absolute atomic E-state index is 12.7. The van der Waals surface area contributed by atoms with Crippen LogP contribution in [-0.2, 0) is 11.3 Å². The van der Waals surface area contributed by atoms with E-state index in [1.807, 2.05) is 35.4 Å². The Balaban J connectivity index is 1.32. The molecule has 2 aliphatic rings. The summed E-state index contributed by atoms with van der Waals surface area (Å²) in [4.78, 5) is 23.5. The highest BCUT2D eigenvalue weighted by Gasteiger charge is 2.23. The number of morpholine rings is 1. The van der Waals surface area contributed by atoms with E-state index >= 15 is 0 Å². The predicted octanol–water partition coefficient (Wildman–Crippen LogP) is 0.666. The van der Waals surface area contributed by atoms with Crippen molar-refractivity contribution in [3.63, 3.8) is 0 Å². The molecule has 2 aromatic rings. The van der Waals surface area contributed by atoms with Crippen molar-refractivity contribution in [1.82, 2.24) is 25.0 Å². The molecule has 142 valence electrons. The normalized spacial score (nSPS) is 18.5. The second kappa shape index (κ2) is 8.41. The zero-order valence-corrected chi connectivity index (χ0v) is 15.3. The lowest BCUT2D eigenvalue weighted by atomic mass is 10.2. The summed E-state index contributed by atoms with van der Waals surface area (Å²) in [5.41, 5.74) is 1.63. The number of aromatic nitrogens is 3. The molecule has 8 heteroatoms. The quantitative estimate of drug-likeness (QED) is 0.785. The third kappa shape index (κ3) is 4.40. The lowest BCUT2D eigenvalue weighted by Gasteiger charge is -2.35. The number of carbonyl (C=O) groups excluding carboxylic acids is 1. The first-order valence-corrected chi connectivity index (χ1v) is 9.36. The highest BCUT2D eigenvalue weighted by Crippen LogP contribution is 2.14. The largest absolute Gasteiger partial charge is 0.379 e. The fraction of sp³-hybridized carbons (Fsp3) is 0.474. The number of carbonyl (C=O) groups is 1. The average Bonchev–Trinajstić information content (AvgIpc) is 2.75. The average molecular weight is 368 g/mol. The van der Waals surface area contributed by atoms with Crippen LogP contribution in [0.1, 0.15) is 16.1 Å². The van der Waals surface area contributed by atoms with Crippen molar-refractivity contribution in [1.29, 1.82) is 0 Å². The van der Waals surface area contributed by atoms with Crippen LogP contribution in [0, 0.1) is 0 Å². The van der Waals surface area contributed by atoms with Gasteiger partial charge in [0.15, 0.2) is 5.82 Å². The maximum Gasteiger partial charge on any atom is 0.272 e. The first-order chi connectivity index (χ1) is 13.3. The predicted molar refractivity (Wildman–Crippen MR) is 100 cm³/mol. The first-order valence-electron chi connectivity index (χ1n) is 9.36. The van der Waals surface area contributed by atoms with E-state index in [-0.39, 0.29) is 5.91 Å². The number of hydrogen-bond acceptors (Lipinski definition) is 7. The zero-order valence-electron chi connectivity index (χ0n) is 15.3. The van der Waals surface area contributed by atoms with E-state index < -0.39 is 0 Å². The minimum Gasteiger partial charge on any atom is -0.379 e. The van der Waals surface area contributed by atoms with Gasteiger partial charge in [-0.15, -0.1) is 5.10 Å². The van der Waals surface area contributed by atoms with Crippen LogP contribution in [-0.4, -0.2) is 83.4 Å². The topological polar surface area (TPSA) is 74.7 Å². The van der Waals surface area contributed by atoms with Crippen molar-refractivity contribution < 1.29 is 9.53 Å². The van der Waals surface area contributed by atoms with Gasteiger partial charge in [-0.3, -0.25) is 14.7 Å². The molecular formula is C19H24N6O2. The van der Waals surface area contributed by atoms with Crippen molar-refractivity contribution in [3.8, 4) is 0 Å². The van der Waals surface area contributed by atoms with E-state index in [0.717, 1.165) is 57.3 Å². The van der Waals surface area contributed by atoms with Crippen molar-refractivity contribution >= 4 is 11.7 Å². The number of nitrogens with zero attached hydrogens (tertiary/aromatic N) is 6. The molecule has 8 nitrogen and oxygen atoms in total. The fourth-order valence-electron chi connectivity index (χ4n) is 3.42. The Labute approximate surface area is 158 Å². The summed E-state index contributed by atoms with van der Waals surface area (Å²) in [6.07, 6.45) is 3.48. The van der Waals surface area contributed by atoms with Crippen LogP contribution in [0.5, 0.6) is 0 Å². The van der Waals surface area contributed by atoms with Crippen molar-refractivity contribution in [2.24, 2.45) is 0 Å². The molecule has 0 spiro atoms. The standard InChI is InChI=1S/C19H24N6O2/c26-19(25-8-6-24(7-9-25)18-2-1-5-21-22-18)17-4-3-16(14-20-17)15-23-10-12-27-13-11-23/h1-5,14H,6-13,15H2. The van der Waals surface area contributed by atoms with Crippen LogP contribution in [0.25, 0.3) is 0 Å². The van der Waals surface area contributed by atoms with E-state index in [4.69, 9.17) is 4.74 Å². The molecule has 27 heavy (non-hydrogen) atoms. The molecule has 0 atom stereocenters. The number of rotatable bonds is 4. The van der Waals surface area contributed by atoms with Gasteiger partial charge in [-0.05, 0) is 23.8 Å². The molecule has 1 amide bonds. The molecule has 2 aromatic heterocycles. The van der Waals surface area contributed by atoms with E-state index in [9.17, 15) is 4.79 Å². The smallest absolute Gasteiger partial charge is 0.272 e. The molecule has 0 unspecified atom stereocenters. The van der Waals surface area contributed by atoms with Gasteiger partial charge in [-0.2, -0.15) is 5.10 Å². The molecule has 0 radical (unpaired) electrons. The van der Waals surface area contributed by atoms with Gasteiger partial charge in [0.1, 0.15) is 5.69 Å². The lowest BCUT2D eigenvalue weighted by molar-refractivity contribution is 0.0341. The molecule has 0 saturated carbocycles. The van der Waals surface area contributed by atoms with Gasteiger partial charge < -0.3 is 14.5 Å². The van der Waals surface area contributed by atoms with Gasteiger partial charge >= 0.3 is 0 Å². The molecule has 0 aliphatic carbocycles. The van der Waals surface area contributed by atoms with Crippen LogP contribution in [0.15, 0.2) is 36.7 Å².